The number of hydrogen-bond donors (Lipinski definition) is 1. The number of aryl methyl sites for hydroxylation is 1. The van der Waals surface area contributed by atoms with Crippen LogP contribution in [0.25, 0.3) is 22.4 Å². The van der Waals surface area contributed by atoms with Gasteiger partial charge in [-0.05, 0) is 36.8 Å². The maximum atomic E-state index is 13.7. The van der Waals surface area contributed by atoms with Crippen LogP contribution in [0.5, 0.6) is 5.75 Å². The van der Waals surface area contributed by atoms with Gasteiger partial charge in [-0.15, -0.1) is 0 Å². The first kappa shape index (κ1) is 11.7. The second kappa shape index (κ2) is 4.39. The Kier molecular flexibility index (Phi) is 2.71. The quantitative estimate of drug-likeness (QED) is 0.759. The fraction of sp³-hybridized carbons (Fsp3) is 0.133. The summed E-state index contributed by atoms with van der Waals surface area (Å²) in [5.41, 5.74) is 3.66. The van der Waals surface area contributed by atoms with Gasteiger partial charge in [-0.25, -0.2) is 9.37 Å². The Hall–Kier alpha value is -2.36. The molecule has 3 aromatic rings. The van der Waals surface area contributed by atoms with Gasteiger partial charge in [-0.3, -0.25) is 0 Å². The zero-order chi connectivity index (χ0) is 13.4. The highest BCUT2D eigenvalue weighted by Crippen LogP contribution is 2.26. The second-order valence-corrected chi connectivity index (χ2v) is 4.41. The molecule has 0 bridgehead atoms. The van der Waals surface area contributed by atoms with Gasteiger partial charge < -0.3 is 9.72 Å². The largest absolute Gasteiger partial charge is 0.494 e. The van der Waals surface area contributed by atoms with Crippen molar-refractivity contribution in [2.24, 2.45) is 0 Å². The van der Waals surface area contributed by atoms with Crippen LogP contribution in [0.2, 0.25) is 0 Å². The molecule has 1 aromatic heterocycles. The molecule has 0 saturated carbocycles. The molecule has 3 rings (SSSR count). The van der Waals surface area contributed by atoms with Crippen molar-refractivity contribution in [2.45, 2.75) is 6.92 Å². The van der Waals surface area contributed by atoms with Crippen LogP contribution in [0.15, 0.2) is 36.4 Å². The Morgan fingerprint density at radius 2 is 2.05 bits per heavy atom. The van der Waals surface area contributed by atoms with Gasteiger partial charge in [0.2, 0.25) is 0 Å². The molecule has 0 aliphatic rings. The van der Waals surface area contributed by atoms with Crippen molar-refractivity contribution >= 4 is 11.0 Å². The normalized spacial score (nSPS) is 10.9. The molecule has 3 nitrogen and oxygen atoms in total. The molecule has 1 N–H and O–H groups in total. The van der Waals surface area contributed by atoms with Crippen molar-refractivity contribution in [3.05, 3.63) is 47.8 Å². The van der Waals surface area contributed by atoms with Crippen molar-refractivity contribution < 1.29 is 9.13 Å². The third-order valence-corrected chi connectivity index (χ3v) is 3.14. The number of nitrogens with zero attached hydrogens (tertiary/aromatic N) is 1. The summed E-state index contributed by atoms with van der Waals surface area (Å²) in [6.07, 6.45) is 0. The first-order valence-electron chi connectivity index (χ1n) is 5.98. The minimum absolute atomic E-state index is 0.232. The van der Waals surface area contributed by atoms with Crippen LogP contribution in [0.3, 0.4) is 0 Å². The van der Waals surface area contributed by atoms with Gasteiger partial charge in [0.05, 0.1) is 18.1 Å². The number of ether oxygens (including phenoxy) is 1. The van der Waals surface area contributed by atoms with Gasteiger partial charge in [0.15, 0.2) is 11.6 Å². The highest BCUT2D eigenvalue weighted by atomic mass is 19.1. The van der Waals surface area contributed by atoms with Crippen LogP contribution in [0.1, 0.15) is 5.56 Å². The Morgan fingerprint density at radius 1 is 1.21 bits per heavy atom. The summed E-state index contributed by atoms with van der Waals surface area (Å²) in [5.74, 6) is 0.499. The molecule has 0 saturated heterocycles. The number of nitrogens with one attached hydrogen (secondary N) is 1. The molecule has 4 heteroatoms. The molecule has 0 radical (unpaired) electrons. The van der Waals surface area contributed by atoms with Crippen LogP contribution < -0.4 is 4.74 Å². The van der Waals surface area contributed by atoms with Gasteiger partial charge in [-0.2, -0.15) is 0 Å². The number of H-pyrrole nitrogens is 1. The Bertz CT molecular complexity index is 749. The monoisotopic (exact) mass is 256 g/mol. The highest BCUT2D eigenvalue weighted by Gasteiger charge is 2.09. The molecule has 96 valence electrons. The lowest BCUT2D eigenvalue weighted by Crippen LogP contribution is -1.89. The van der Waals surface area contributed by atoms with Crippen molar-refractivity contribution in [1.82, 2.24) is 9.97 Å². The Morgan fingerprint density at radius 3 is 2.74 bits per heavy atom. The molecule has 1 heterocycles. The van der Waals surface area contributed by atoms with E-state index in [1.165, 1.54) is 13.2 Å². The molecule has 0 atom stereocenters. The lowest BCUT2D eigenvalue weighted by molar-refractivity contribution is 0.386. The average molecular weight is 256 g/mol. The molecular weight excluding hydrogens is 243 g/mol. The van der Waals surface area contributed by atoms with E-state index in [9.17, 15) is 4.39 Å². The number of aromatic amines is 1. The summed E-state index contributed by atoms with van der Waals surface area (Å²) in [5, 5.41) is 0. The fourth-order valence-corrected chi connectivity index (χ4v) is 2.13. The summed E-state index contributed by atoms with van der Waals surface area (Å²) >= 11 is 0. The molecule has 0 aliphatic heterocycles. The van der Waals surface area contributed by atoms with Gasteiger partial charge in [-0.1, -0.05) is 12.1 Å². The number of fused-ring (bicyclic) bond motifs is 1. The van der Waals surface area contributed by atoms with Crippen molar-refractivity contribution in [3.8, 4) is 17.1 Å². The summed E-state index contributed by atoms with van der Waals surface area (Å²) in [6, 6.07) is 10.7. The van der Waals surface area contributed by atoms with Crippen LogP contribution >= 0.6 is 0 Å². The Labute approximate surface area is 110 Å². The van der Waals surface area contributed by atoms with Gasteiger partial charge >= 0.3 is 0 Å². The van der Waals surface area contributed by atoms with Crippen LogP contribution in [-0.2, 0) is 0 Å². The molecule has 0 amide bonds. The zero-order valence-corrected chi connectivity index (χ0v) is 10.7. The third-order valence-electron chi connectivity index (χ3n) is 3.14. The van der Waals surface area contributed by atoms with Gasteiger partial charge in [0, 0.05) is 5.56 Å². The van der Waals surface area contributed by atoms with Gasteiger partial charge in [0.25, 0.3) is 0 Å². The summed E-state index contributed by atoms with van der Waals surface area (Å²) in [4.78, 5) is 7.71. The minimum atomic E-state index is -0.392. The number of benzene rings is 2. The van der Waals surface area contributed by atoms with E-state index in [2.05, 4.69) is 9.97 Å². The topological polar surface area (TPSA) is 37.9 Å². The predicted molar refractivity (Wildman–Crippen MR) is 72.8 cm³/mol. The van der Waals surface area contributed by atoms with E-state index in [0.717, 1.165) is 16.6 Å². The zero-order valence-electron chi connectivity index (χ0n) is 10.7. The average Bonchev–Trinajstić information content (AvgIpc) is 2.84. The standard InChI is InChI=1S/C15H13FN2O/c1-9-4-3-5-12-14(9)18-15(17-12)10-6-7-13(19-2)11(16)8-10/h3-8H,1-2H3,(H,17,18). The SMILES string of the molecule is COc1ccc(-c2nc3c(C)cccc3[nH]2)cc1F. The lowest BCUT2D eigenvalue weighted by atomic mass is 10.2. The summed E-state index contributed by atoms with van der Waals surface area (Å²) in [6.45, 7) is 2.00. The number of halogens is 1. The van der Waals surface area contributed by atoms with E-state index in [0.29, 0.717) is 11.4 Å². The number of methoxy groups -OCH3 is 1. The maximum absolute atomic E-state index is 13.7. The number of aromatic nitrogens is 2. The predicted octanol–water partition coefficient (Wildman–Crippen LogP) is 3.69. The van der Waals surface area contributed by atoms with E-state index in [4.69, 9.17) is 4.74 Å². The van der Waals surface area contributed by atoms with Gasteiger partial charge in [0.1, 0.15) is 5.82 Å². The first-order chi connectivity index (χ1) is 9.19. The minimum Gasteiger partial charge on any atom is -0.494 e. The first-order valence-corrected chi connectivity index (χ1v) is 5.98. The van der Waals surface area contributed by atoms with E-state index in [1.807, 2.05) is 25.1 Å². The lowest BCUT2D eigenvalue weighted by Gasteiger charge is -2.02. The molecule has 19 heavy (non-hydrogen) atoms. The third kappa shape index (κ3) is 1.95. The van der Waals surface area contributed by atoms with Crippen LogP contribution in [0, 0.1) is 12.7 Å². The molecule has 0 unspecified atom stereocenters. The number of para-hydroxylation sites is 1. The highest BCUT2D eigenvalue weighted by molar-refractivity contribution is 5.82. The molecular formula is C15H13FN2O. The molecule has 0 aliphatic carbocycles. The van der Waals surface area contributed by atoms with Crippen molar-refractivity contribution in [2.75, 3.05) is 7.11 Å². The smallest absolute Gasteiger partial charge is 0.165 e. The van der Waals surface area contributed by atoms with Crippen molar-refractivity contribution in [3.63, 3.8) is 0 Å². The second-order valence-electron chi connectivity index (χ2n) is 4.41. The summed E-state index contributed by atoms with van der Waals surface area (Å²) < 4.78 is 18.6. The van der Waals surface area contributed by atoms with E-state index in [-0.39, 0.29) is 5.75 Å². The number of rotatable bonds is 2. The summed E-state index contributed by atoms with van der Waals surface area (Å²) in [7, 11) is 1.45. The molecule has 0 fully saturated rings. The maximum Gasteiger partial charge on any atom is 0.165 e. The number of hydrogen-bond acceptors (Lipinski definition) is 2. The molecule has 0 spiro atoms. The van der Waals surface area contributed by atoms with Crippen LogP contribution in [-0.4, -0.2) is 17.1 Å². The fourth-order valence-electron chi connectivity index (χ4n) is 2.13. The van der Waals surface area contributed by atoms with E-state index in [1.54, 1.807) is 12.1 Å². The molecule has 2 aromatic carbocycles. The van der Waals surface area contributed by atoms with E-state index < -0.39 is 5.82 Å². The van der Waals surface area contributed by atoms with Crippen LogP contribution in [0.4, 0.5) is 4.39 Å². The Balaban J connectivity index is 2.14. The van der Waals surface area contributed by atoms with Crippen molar-refractivity contribution in [1.29, 1.82) is 0 Å². The number of imidazole rings is 1. The van der Waals surface area contributed by atoms with E-state index >= 15 is 0 Å².